The van der Waals surface area contributed by atoms with E-state index in [2.05, 4.69) is 16.0 Å². The molecule has 4 fully saturated rings. The van der Waals surface area contributed by atoms with E-state index in [1.807, 2.05) is 6.92 Å². The lowest BCUT2D eigenvalue weighted by molar-refractivity contribution is -0.00690. The number of hydrogen-bond acceptors (Lipinski definition) is 2. The summed E-state index contributed by atoms with van der Waals surface area (Å²) in [6, 6.07) is 2.25. The number of aromatic amines is 1. The van der Waals surface area contributed by atoms with Gasteiger partial charge in [0.25, 0.3) is 0 Å². The molecule has 0 radical (unpaired) electrons. The van der Waals surface area contributed by atoms with E-state index in [0.717, 1.165) is 35.0 Å². The van der Waals surface area contributed by atoms with Crippen molar-refractivity contribution in [2.75, 3.05) is 0 Å². The first-order valence-electron chi connectivity index (χ1n) is 8.15. The van der Waals surface area contributed by atoms with Crippen LogP contribution < -0.4 is 0 Å². The topological polar surface area (TPSA) is 41.6 Å². The van der Waals surface area contributed by atoms with Crippen molar-refractivity contribution in [2.24, 2.45) is 17.8 Å². The Morgan fingerprint density at radius 2 is 1.71 bits per heavy atom. The summed E-state index contributed by atoms with van der Waals surface area (Å²) in [4.78, 5) is 12.6. The Balaban J connectivity index is 1.64. The molecule has 2 heterocycles. The zero-order valence-corrected chi connectivity index (χ0v) is 13.1. The van der Waals surface area contributed by atoms with E-state index in [4.69, 9.17) is 16.6 Å². The third-order valence-electron chi connectivity index (χ3n) is 6.13. The summed E-state index contributed by atoms with van der Waals surface area (Å²) >= 11 is 6.29. The Morgan fingerprint density at radius 1 is 1.10 bits per heavy atom. The number of halogens is 1. The van der Waals surface area contributed by atoms with Crippen molar-refractivity contribution >= 4 is 11.6 Å². The lowest BCUT2D eigenvalue weighted by Gasteiger charge is -2.56. The van der Waals surface area contributed by atoms with Crippen LogP contribution in [0.4, 0.5) is 0 Å². The smallest absolute Gasteiger partial charge is 0.158 e. The van der Waals surface area contributed by atoms with Crippen molar-refractivity contribution in [1.29, 1.82) is 0 Å². The number of nitrogens with zero attached hydrogens (tertiary/aromatic N) is 2. The molecule has 6 aliphatic rings. The van der Waals surface area contributed by atoms with Gasteiger partial charge in [-0.05, 0) is 69.3 Å². The standard InChI is InChI=1S/C17H20ClN3/c1-9-19-13-5-14(21-15(13)16(18)20-9)17-6-10-2-11(7-17)4-12(3-10)8-17/h5,10-12H,2-4,6-8H2,1H3,(H,19,20). The Morgan fingerprint density at radius 3 is 2.33 bits per heavy atom. The molecule has 21 heavy (non-hydrogen) atoms. The van der Waals surface area contributed by atoms with Crippen LogP contribution in [0.15, 0.2) is 6.07 Å². The molecule has 0 atom stereocenters. The molecule has 3 nitrogen and oxygen atoms in total. The van der Waals surface area contributed by atoms with Gasteiger partial charge in [0.1, 0.15) is 11.5 Å². The van der Waals surface area contributed by atoms with Gasteiger partial charge in [-0.2, -0.15) is 0 Å². The second kappa shape index (κ2) is 4.01. The quantitative estimate of drug-likeness (QED) is 0.796. The normalized spacial score (nSPS) is 37.5. The Hall–Kier alpha value is -1.09. The van der Waals surface area contributed by atoms with Crippen LogP contribution in [0.2, 0.25) is 5.15 Å². The number of fused-ring (bicyclic) bond motifs is 1. The zero-order chi connectivity index (χ0) is 14.2. The molecule has 0 aromatic heterocycles. The maximum atomic E-state index is 6.29. The number of rotatable bonds is 1. The van der Waals surface area contributed by atoms with E-state index in [-0.39, 0.29) is 0 Å². The van der Waals surface area contributed by atoms with E-state index in [0.29, 0.717) is 10.6 Å². The molecular weight excluding hydrogens is 282 g/mol. The van der Waals surface area contributed by atoms with E-state index in [1.54, 1.807) is 0 Å². The van der Waals surface area contributed by atoms with Crippen LogP contribution in [0.1, 0.15) is 50.0 Å². The molecule has 4 bridgehead atoms. The molecule has 4 saturated carbocycles. The highest BCUT2D eigenvalue weighted by Crippen LogP contribution is 2.60. The highest BCUT2D eigenvalue weighted by atomic mass is 35.5. The second-order valence-corrected chi connectivity index (χ2v) is 8.07. The summed E-state index contributed by atoms with van der Waals surface area (Å²) in [6.45, 7) is 1.95. The SMILES string of the molecule is Cc1nc(Cl)c2nc(C34CC5CC(CC(C5)C3)C4)cc-2[nH]1. The fraction of sp³-hybridized carbons (Fsp3) is 0.647. The summed E-state index contributed by atoms with van der Waals surface area (Å²) in [5.41, 5.74) is 3.52. The highest BCUT2D eigenvalue weighted by molar-refractivity contribution is 6.31. The van der Waals surface area contributed by atoms with Gasteiger partial charge in [-0.15, -0.1) is 0 Å². The minimum absolute atomic E-state index is 0.332. The molecule has 0 unspecified atom stereocenters. The Bertz CT molecular complexity index is 654. The summed E-state index contributed by atoms with van der Waals surface area (Å²) in [7, 11) is 0. The fourth-order valence-corrected chi connectivity index (χ4v) is 6.06. The number of H-pyrrole nitrogens is 1. The first-order valence-corrected chi connectivity index (χ1v) is 8.52. The molecule has 0 aromatic carbocycles. The predicted molar refractivity (Wildman–Crippen MR) is 82.6 cm³/mol. The van der Waals surface area contributed by atoms with Crippen molar-refractivity contribution in [1.82, 2.24) is 15.0 Å². The molecule has 0 saturated heterocycles. The molecule has 0 amide bonds. The van der Waals surface area contributed by atoms with Gasteiger partial charge in [0, 0.05) is 11.1 Å². The van der Waals surface area contributed by atoms with Crippen molar-refractivity contribution in [2.45, 2.75) is 50.9 Å². The number of aryl methyl sites for hydroxylation is 1. The van der Waals surface area contributed by atoms with Gasteiger partial charge >= 0.3 is 0 Å². The van der Waals surface area contributed by atoms with Gasteiger partial charge in [-0.25, -0.2) is 9.97 Å². The molecule has 6 rings (SSSR count). The van der Waals surface area contributed by atoms with E-state index < -0.39 is 0 Å². The zero-order valence-electron chi connectivity index (χ0n) is 12.3. The van der Waals surface area contributed by atoms with Gasteiger partial charge in [0.15, 0.2) is 5.15 Å². The van der Waals surface area contributed by atoms with Crippen LogP contribution in [0.25, 0.3) is 11.4 Å². The van der Waals surface area contributed by atoms with Crippen molar-refractivity contribution in [3.05, 3.63) is 22.7 Å². The van der Waals surface area contributed by atoms with Crippen LogP contribution in [0, 0.1) is 24.7 Å². The first-order chi connectivity index (χ1) is 10.1. The number of hydrogen-bond donors (Lipinski definition) is 1. The molecule has 4 heteroatoms. The van der Waals surface area contributed by atoms with Gasteiger partial charge in [-0.3, -0.25) is 0 Å². The third-order valence-corrected chi connectivity index (χ3v) is 6.39. The van der Waals surface area contributed by atoms with Gasteiger partial charge in [0.05, 0.1) is 5.69 Å². The van der Waals surface area contributed by atoms with Crippen LogP contribution in [-0.2, 0) is 5.41 Å². The minimum atomic E-state index is 0.332. The average molecular weight is 302 g/mol. The van der Waals surface area contributed by atoms with Crippen LogP contribution >= 0.6 is 11.6 Å². The van der Waals surface area contributed by atoms with E-state index in [1.165, 1.54) is 44.2 Å². The van der Waals surface area contributed by atoms with E-state index >= 15 is 0 Å². The average Bonchev–Trinajstić information content (AvgIpc) is 2.82. The molecular formula is C17H20ClN3. The van der Waals surface area contributed by atoms with Crippen LogP contribution in [0.3, 0.4) is 0 Å². The third kappa shape index (κ3) is 1.73. The lowest BCUT2D eigenvalue weighted by atomic mass is 9.49. The number of aromatic nitrogens is 3. The summed E-state index contributed by atoms with van der Waals surface area (Å²) in [6.07, 6.45) is 8.41. The summed E-state index contributed by atoms with van der Waals surface area (Å²) < 4.78 is 0. The molecule has 2 aliphatic heterocycles. The van der Waals surface area contributed by atoms with E-state index in [9.17, 15) is 0 Å². The molecule has 0 aromatic rings. The van der Waals surface area contributed by atoms with Gasteiger partial charge < -0.3 is 4.98 Å². The summed E-state index contributed by atoms with van der Waals surface area (Å²) in [5.74, 6) is 3.68. The second-order valence-electron chi connectivity index (χ2n) is 7.71. The highest BCUT2D eigenvalue weighted by Gasteiger charge is 2.52. The van der Waals surface area contributed by atoms with Crippen molar-refractivity contribution in [3.63, 3.8) is 0 Å². The van der Waals surface area contributed by atoms with Crippen LogP contribution in [0.5, 0.6) is 0 Å². The largest absolute Gasteiger partial charge is 0.342 e. The lowest BCUT2D eigenvalue weighted by Crippen LogP contribution is -2.48. The van der Waals surface area contributed by atoms with Gasteiger partial charge in [0.2, 0.25) is 0 Å². The Kier molecular flexibility index (Phi) is 2.38. The molecule has 4 aliphatic carbocycles. The maximum absolute atomic E-state index is 6.29. The number of nitrogens with one attached hydrogen (secondary N) is 1. The first kappa shape index (κ1) is 12.5. The molecule has 0 spiro atoms. The van der Waals surface area contributed by atoms with Crippen molar-refractivity contribution < 1.29 is 0 Å². The Labute approximate surface area is 129 Å². The fourth-order valence-electron chi connectivity index (χ4n) is 5.79. The maximum Gasteiger partial charge on any atom is 0.158 e. The van der Waals surface area contributed by atoms with Crippen LogP contribution in [-0.4, -0.2) is 15.0 Å². The predicted octanol–water partition coefficient (Wildman–Crippen LogP) is 4.34. The van der Waals surface area contributed by atoms with Gasteiger partial charge in [-0.1, -0.05) is 11.6 Å². The van der Waals surface area contributed by atoms with Crippen molar-refractivity contribution in [3.8, 4) is 11.4 Å². The monoisotopic (exact) mass is 301 g/mol. The minimum Gasteiger partial charge on any atom is -0.342 e. The summed E-state index contributed by atoms with van der Waals surface area (Å²) in [5, 5.41) is 0.539. The molecule has 1 N–H and O–H groups in total. The molecule has 110 valence electrons.